The molecule has 0 unspecified atom stereocenters. The van der Waals surface area contributed by atoms with E-state index in [0.29, 0.717) is 37.6 Å². The number of piperazine rings is 1. The highest BCUT2D eigenvalue weighted by Crippen LogP contribution is 2.16. The number of carbonyl (C=O) groups is 1. The Labute approximate surface area is 179 Å². The second kappa shape index (κ2) is 9.80. The Balaban J connectivity index is 0.00000280. The number of amides is 1. The molecule has 0 atom stereocenters. The number of aromatic nitrogens is 2. The first-order chi connectivity index (χ1) is 13.0. The van der Waals surface area contributed by atoms with Crippen molar-refractivity contribution in [3.63, 3.8) is 0 Å². The molecule has 7 nitrogen and oxygen atoms in total. The highest BCUT2D eigenvalue weighted by atomic mass is 127. The number of hydrogen-bond donors (Lipinski definition) is 1. The van der Waals surface area contributed by atoms with E-state index in [9.17, 15) is 13.6 Å². The van der Waals surface area contributed by atoms with Crippen molar-refractivity contribution < 1.29 is 13.6 Å². The van der Waals surface area contributed by atoms with Gasteiger partial charge in [-0.05, 0) is 18.1 Å². The predicted molar refractivity (Wildman–Crippen MR) is 114 cm³/mol. The van der Waals surface area contributed by atoms with E-state index in [0.717, 1.165) is 11.8 Å². The number of anilines is 1. The van der Waals surface area contributed by atoms with Crippen LogP contribution in [0.1, 0.15) is 5.56 Å². The Morgan fingerprint density at radius 1 is 1.32 bits per heavy atom. The molecule has 0 spiro atoms. The number of nitrogens with zero attached hydrogens (tertiary/aromatic N) is 5. The van der Waals surface area contributed by atoms with Gasteiger partial charge in [-0.3, -0.25) is 14.5 Å². The topological polar surface area (TPSA) is 65.8 Å². The van der Waals surface area contributed by atoms with Crippen LogP contribution in [0.3, 0.4) is 0 Å². The number of benzene rings is 1. The molecule has 1 aliphatic rings. The van der Waals surface area contributed by atoms with Crippen LogP contribution in [0.5, 0.6) is 0 Å². The number of aryl methyl sites for hydroxylation is 1. The number of rotatable bonds is 4. The van der Waals surface area contributed by atoms with Crippen LogP contribution in [0.2, 0.25) is 0 Å². The summed E-state index contributed by atoms with van der Waals surface area (Å²) in [5, 5.41) is 7.21. The molecule has 1 saturated heterocycles. The van der Waals surface area contributed by atoms with E-state index in [1.54, 1.807) is 42.1 Å². The molecule has 1 fully saturated rings. The molecule has 0 aliphatic carbocycles. The molecule has 2 heterocycles. The van der Waals surface area contributed by atoms with Crippen LogP contribution >= 0.6 is 24.0 Å². The Bertz CT molecular complexity index is 856. The molecule has 1 aromatic heterocycles. The molecule has 10 heteroatoms. The van der Waals surface area contributed by atoms with Crippen molar-refractivity contribution in [1.29, 1.82) is 0 Å². The highest BCUT2D eigenvalue weighted by molar-refractivity contribution is 14.0. The largest absolute Gasteiger partial charge is 0.356 e. The third kappa shape index (κ3) is 4.97. The zero-order valence-corrected chi connectivity index (χ0v) is 18.1. The van der Waals surface area contributed by atoms with Crippen LogP contribution in [0.4, 0.5) is 14.5 Å². The van der Waals surface area contributed by atoms with E-state index in [1.807, 2.05) is 4.90 Å². The predicted octanol–water partition coefficient (Wildman–Crippen LogP) is 1.78. The smallest absolute Gasteiger partial charge is 0.246 e. The van der Waals surface area contributed by atoms with Gasteiger partial charge in [0.05, 0.1) is 11.9 Å². The number of halogens is 3. The van der Waals surface area contributed by atoms with Crippen molar-refractivity contribution in [2.24, 2.45) is 12.0 Å². The van der Waals surface area contributed by atoms with Crippen molar-refractivity contribution >= 4 is 41.5 Å². The first-order valence-electron chi connectivity index (χ1n) is 8.67. The second-order valence-corrected chi connectivity index (χ2v) is 6.28. The number of guanidine groups is 1. The lowest BCUT2D eigenvalue weighted by molar-refractivity contribution is -0.120. The lowest BCUT2D eigenvalue weighted by Crippen LogP contribution is -2.55. The number of carbonyl (C=O) groups excluding carboxylic acids is 1. The van der Waals surface area contributed by atoms with Crippen LogP contribution in [0, 0.1) is 11.6 Å². The maximum absolute atomic E-state index is 13.7. The number of hydrogen-bond acceptors (Lipinski definition) is 3. The molecule has 1 amide bonds. The van der Waals surface area contributed by atoms with Crippen molar-refractivity contribution in [2.75, 3.05) is 38.1 Å². The van der Waals surface area contributed by atoms with Gasteiger partial charge in [0.25, 0.3) is 0 Å². The SMILES string of the molecule is CN=C(NCCc1cccc(F)c1F)N1CCN(c2cnn(C)c2)C(=O)C1.I. The Morgan fingerprint density at radius 3 is 2.75 bits per heavy atom. The third-order valence-corrected chi connectivity index (χ3v) is 4.44. The molecule has 0 bridgehead atoms. The summed E-state index contributed by atoms with van der Waals surface area (Å²) in [6.45, 7) is 1.69. The zero-order chi connectivity index (χ0) is 19.4. The first kappa shape index (κ1) is 22.1. The Hall–Kier alpha value is -2.24. The van der Waals surface area contributed by atoms with Gasteiger partial charge in [-0.25, -0.2) is 8.78 Å². The fourth-order valence-corrected chi connectivity index (χ4v) is 3.06. The third-order valence-electron chi connectivity index (χ3n) is 4.44. The fourth-order valence-electron chi connectivity index (χ4n) is 3.06. The molecule has 28 heavy (non-hydrogen) atoms. The average molecular weight is 504 g/mol. The van der Waals surface area contributed by atoms with Crippen LogP contribution in [-0.4, -0.2) is 59.8 Å². The maximum Gasteiger partial charge on any atom is 0.246 e. The van der Waals surface area contributed by atoms with E-state index < -0.39 is 11.6 Å². The lowest BCUT2D eigenvalue weighted by Gasteiger charge is -2.35. The van der Waals surface area contributed by atoms with E-state index in [2.05, 4.69) is 15.4 Å². The summed E-state index contributed by atoms with van der Waals surface area (Å²) < 4.78 is 28.6. The maximum atomic E-state index is 13.7. The Kier molecular flexibility index (Phi) is 7.72. The minimum Gasteiger partial charge on any atom is -0.356 e. The summed E-state index contributed by atoms with van der Waals surface area (Å²) in [4.78, 5) is 20.2. The van der Waals surface area contributed by atoms with Crippen LogP contribution in [0.15, 0.2) is 35.6 Å². The first-order valence-corrected chi connectivity index (χ1v) is 8.67. The fraction of sp³-hybridized carbons (Fsp3) is 0.389. The van der Waals surface area contributed by atoms with Crippen LogP contribution in [0.25, 0.3) is 0 Å². The lowest BCUT2D eigenvalue weighted by atomic mass is 10.1. The van der Waals surface area contributed by atoms with Gasteiger partial charge in [-0.2, -0.15) is 5.10 Å². The summed E-state index contributed by atoms with van der Waals surface area (Å²) in [5.74, 6) is -1.16. The van der Waals surface area contributed by atoms with E-state index in [-0.39, 0.29) is 36.4 Å². The standard InChI is InChI=1S/C18H22F2N6O.HI/c1-21-18(22-7-6-13-4-3-5-15(19)17(13)20)25-8-9-26(16(27)12-25)14-10-23-24(2)11-14;/h3-5,10-11H,6-9,12H2,1-2H3,(H,21,22);1H. The van der Waals surface area contributed by atoms with Crippen molar-refractivity contribution in [3.8, 4) is 0 Å². The summed E-state index contributed by atoms with van der Waals surface area (Å²) in [7, 11) is 3.43. The number of nitrogens with one attached hydrogen (secondary N) is 1. The van der Waals surface area contributed by atoms with Crippen LogP contribution < -0.4 is 10.2 Å². The minimum atomic E-state index is -0.853. The van der Waals surface area contributed by atoms with E-state index in [4.69, 9.17) is 0 Å². The minimum absolute atomic E-state index is 0. The van der Waals surface area contributed by atoms with Crippen LogP contribution in [-0.2, 0) is 18.3 Å². The zero-order valence-electron chi connectivity index (χ0n) is 15.7. The second-order valence-electron chi connectivity index (χ2n) is 6.28. The van der Waals surface area contributed by atoms with E-state index in [1.165, 1.54) is 6.07 Å². The Morgan fingerprint density at radius 2 is 2.11 bits per heavy atom. The number of aliphatic imine (C=N–C) groups is 1. The van der Waals surface area contributed by atoms with Gasteiger partial charge in [0.1, 0.15) is 6.54 Å². The molecule has 1 aromatic carbocycles. The summed E-state index contributed by atoms with van der Waals surface area (Å²) >= 11 is 0. The molecule has 0 radical (unpaired) electrons. The van der Waals surface area contributed by atoms with Gasteiger partial charge < -0.3 is 15.1 Å². The molecule has 1 N–H and O–H groups in total. The molecule has 0 saturated carbocycles. The highest BCUT2D eigenvalue weighted by Gasteiger charge is 2.27. The molecule has 152 valence electrons. The normalized spacial score (nSPS) is 14.9. The summed E-state index contributed by atoms with van der Waals surface area (Å²) in [5.41, 5.74) is 1.07. The molecule has 1 aliphatic heterocycles. The van der Waals surface area contributed by atoms with E-state index >= 15 is 0 Å². The van der Waals surface area contributed by atoms with Gasteiger partial charge >= 0.3 is 0 Å². The summed E-state index contributed by atoms with van der Waals surface area (Å²) in [6, 6.07) is 4.14. The monoisotopic (exact) mass is 504 g/mol. The van der Waals surface area contributed by atoms with Gasteiger partial charge in [-0.15, -0.1) is 24.0 Å². The summed E-state index contributed by atoms with van der Waals surface area (Å²) in [6.07, 6.45) is 3.77. The van der Waals surface area contributed by atoms with Gasteiger partial charge in [0, 0.05) is 39.9 Å². The molecule has 2 aromatic rings. The van der Waals surface area contributed by atoms with Crippen molar-refractivity contribution in [2.45, 2.75) is 6.42 Å². The van der Waals surface area contributed by atoms with Crippen molar-refractivity contribution in [1.82, 2.24) is 20.0 Å². The van der Waals surface area contributed by atoms with Gasteiger partial charge in [0.2, 0.25) is 5.91 Å². The molecular formula is C18H23F2IN6O. The van der Waals surface area contributed by atoms with Crippen molar-refractivity contribution in [3.05, 3.63) is 47.8 Å². The van der Waals surface area contributed by atoms with Gasteiger partial charge in [0.15, 0.2) is 17.6 Å². The van der Waals surface area contributed by atoms with Gasteiger partial charge in [-0.1, -0.05) is 12.1 Å². The molecular weight excluding hydrogens is 481 g/mol. The molecule has 3 rings (SSSR count). The average Bonchev–Trinajstić information content (AvgIpc) is 3.08. The quantitative estimate of drug-likeness (QED) is 0.392.